The van der Waals surface area contributed by atoms with E-state index in [1.165, 1.54) is 6.42 Å². The van der Waals surface area contributed by atoms with Gasteiger partial charge in [0.15, 0.2) is 0 Å². The number of piperidine rings is 1. The van der Waals surface area contributed by atoms with Crippen LogP contribution in [0.4, 0.5) is 11.4 Å². The van der Waals surface area contributed by atoms with Gasteiger partial charge < -0.3 is 14.5 Å². The molecule has 0 saturated carbocycles. The summed E-state index contributed by atoms with van der Waals surface area (Å²) in [5.74, 6) is -0.00156. The predicted octanol–water partition coefficient (Wildman–Crippen LogP) is 1.99. The van der Waals surface area contributed by atoms with Crippen LogP contribution in [0.2, 0.25) is 0 Å². The molecule has 1 aromatic carbocycles. The topological polar surface area (TPSA) is 75.9 Å². The van der Waals surface area contributed by atoms with Crippen LogP contribution < -0.4 is 4.90 Å². The summed E-state index contributed by atoms with van der Waals surface area (Å²) in [6, 6.07) is 5.20. The molecule has 3 rings (SSSR count). The van der Waals surface area contributed by atoms with E-state index < -0.39 is 0 Å². The number of rotatable bonds is 4. The Morgan fingerprint density at radius 3 is 2.50 bits per heavy atom. The SMILES string of the molecule is O=C(Cc1ccc(N2CCCCC2)c([N+](=O)[O-])c1)N1CCOCC1. The smallest absolute Gasteiger partial charge is 0.292 e. The molecule has 130 valence electrons. The molecule has 2 fully saturated rings. The van der Waals surface area contributed by atoms with Crippen LogP contribution in [0.5, 0.6) is 0 Å². The molecule has 24 heavy (non-hydrogen) atoms. The van der Waals surface area contributed by atoms with E-state index in [0.29, 0.717) is 37.6 Å². The van der Waals surface area contributed by atoms with E-state index in [4.69, 9.17) is 4.74 Å². The first-order valence-corrected chi connectivity index (χ1v) is 8.53. The Kier molecular flexibility index (Phi) is 5.30. The van der Waals surface area contributed by atoms with Crippen LogP contribution in [0.15, 0.2) is 18.2 Å². The van der Waals surface area contributed by atoms with E-state index in [1.54, 1.807) is 17.0 Å². The number of amides is 1. The maximum absolute atomic E-state index is 12.3. The number of nitrogens with zero attached hydrogens (tertiary/aromatic N) is 3. The fourth-order valence-electron chi connectivity index (χ4n) is 3.33. The van der Waals surface area contributed by atoms with Crippen molar-refractivity contribution in [1.29, 1.82) is 0 Å². The number of morpholine rings is 1. The number of hydrogen-bond acceptors (Lipinski definition) is 5. The lowest BCUT2D eigenvalue weighted by atomic mass is 10.1. The first-order valence-electron chi connectivity index (χ1n) is 8.53. The molecule has 0 N–H and O–H groups in total. The number of carbonyl (C=O) groups is 1. The van der Waals surface area contributed by atoms with Gasteiger partial charge >= 0.3 is 0 Å². The molecular weight excluding hydrogens is 310 g/mol. The second-order valence-electron chi connectivity index (χ2n) is 6.30. The van der Waals surface area contributed by atoms with E-state index >= 15 is 0 Å². The Labute approximate surface area is 141 Å². The summed E-state index contributed by atoms with van der Waals surface area (Å²) in [7, 11) is 0. The molecule has 2 aliphatic heterocycles. The van der Waals surface area contributed by atoms with Crippen molar-refractivity contribution in [2.45, 2.75) is 25.7 Å². The van der Waals surface area contributed by atoms with Gasteiger partial charge in [-0.25, -0.2) is 0 Å². The van der Waals surface area contributed by atoms with Gasteiger partial charge in [-0.05, 0) is 30.9 Å². The standard InChI is InChI=1S/C17H23N3O4/c21-17(19-8-10-24-11-9-19)13-14-4-5-15(16(12-14)20(22)23)18-6-2-1-3-7-18/h4-5,12H,1-3,6-11,13H2. The summed E-state index contributed by atoms with van der Waals surface area (Å²) in [4.78, 5) is 27.3. The quantitative estimate of drug-likeness (QED) is 0.622. The number of nitro benzene ring substituents is 1. The third kappa shape index (κ3) is 3.84. The molecule has 2 aliphatic rings. The fourth-order valence-corrected chi connectivity index (χ4v) is 3.33. The molecule has 0 atom stereocenters. The lowest BCUT2D eigenvalue weighted by molar-refractivity contribution is -0.384. The lowest BCUT2D eigenvalue weighted by Gasteiger charge is -2.29. The zero-order valence-corrected chi connectivity index (χ0v) is 13.8. The minimum Gasteiger partial charge on any atom is -0.378 e. The zero-order chi connectivity index (χ0) is 16.9. The number of hydrogen-bond donors (Lipinski definition) is 0. The molecule has 0 spiro atoms. The maximum Gasteiger partial charge on any atom is 0.292 e. The van der Waals surface area contributed by atoms with Crippen molar-refractivity contribution in [1.82, 2.24) is 4.90 Å². The largest absolute Gasteiger partial charge is 0.378 e. The van der Waals surface area contributed by atoms with E-state index in [-0.39, 0.29) is 22.9 Å². The van der Waals surface area contributed by atoms with Crippen LogP contribution in [0.3, 0.4) is 0 Å². The number of benzene rings is 1. The van der Waals surface area contributed by atoms with Gasteiger partial charge in [0.2, 0.25) is 5.91 Å². The van der Waals surface area contributed by atoms with Crippen molar-refractivity contribution in [3.05, 3.63) is 33.9 Å². The van der Waals surface area contributed by atoms with E-state index in [1.807, 2.05) is 6.07 Å². The average molecular weight is 333 g/mol. The van der Waals surface area contributed by atoms with Gasteiger partial charge in [0, 0.05) is 32.2 Å². The summed E-state index contributed by atoms with van der Waals surface area (Å²) in [5, 5.41) is 11.5. The van der Waals surface area contributed by atoms with Crippen LogP contribution in [-0.4, -0.2) is 55.1 Å². The highest BCUT2D eigenvalue weighted by molar-refractivity contribution is 5.79. The molecule has 7 nitrogen and oxygen atoms in total. The summed E-state index contributed by atoms with van der Waals surface area (Å²) >= 11 is 0. The zero-order valence-electron chi connectivity index (χ0n) is 13.8. The van der Waals surface area contributed by atoms with Crippen molar-refractivity contribution < 1.29 is 14.5 Å². The van der Waals surface area contributed by atoms with Gasteiger partial charge in [-0.2, -0.15) is 0 Å². The van der Waals surface area contributed by atoms with Gasteiger partial charge in [-0.15, -0.1) is 0 Å². The van der Waals surface area contributed by atoms with E-state index in [2.05, 4.69) is 4.90 Å². The Balaban J connectivity index is 1.75. The fraction of sp³-hybridized carbons (Fsp3) is 0.588. The molecule has 2 saturated heterocycles. The van der Waals surface area contributed by atoms with Crippen LogP contribution >= 0.6 is 0 Å². The van der Waals surface area contributed by atoms with Crippen LogP contribution in [0, 0.1) is 10.1 Å². The summed E-state index contributed by atoms with van der Waals surface area (Å²) < 4.78 is 5.24. The van der Waals surface area contributed by atoms with Crippen molar-refractivity contribution in [2.24, 2.45) is 0 Å². The molecule has 1 aromatic rings. The monoisotopic (exact) mass is 333 g/mol. The first kappa shape index (κ1) is 16.7. The molecule has 2 heterocycles. The Morgan fingerprint density at radius 2 is 1.83 bits per heavy atom. The Morgan fingerprint density at radius 1 is 1.12 bits per heavy atom. The second kappa shape index (κ2) is 7.61. The number of nitro groups is 1. The normalized spacial score (nSPS) is 18.5. The Bertz CT molecular complexity index is 608. The number of carbonyl (C=O) groups excluding carboxylic acids is 1. The molecular formula is C17H23N3O4. The van der Waals surface area contributed by atoms with Crippen LogP contribution in [-0.2, 0) is 16.0 Å². The summed E-state index contributed by atoms with van der Waals surface area (Å²) in [5.41, 5.74) is 1.46. The number of anilines is 1. The highest BCUT2D eigenvalue weighted by atomic mass is 16.6. The van der Waals surface area contributed by atoms with Gasteiger partial charge in [-0.3, -0.25) is 14.9 Å². The van der Waals surface area contributed by atoms with Crippen molar-refractivity contribution >= 4 is 17.3 Å². The molecule has 0 bridgehead atoms. The minimum atomic E-state index is -0.341. The highest BCUT2D eigenvalue weighted by Crippen LogP contribution is 2.31. The third-order valence-corrected chi connectivity index (χ3v) is 4.65. The van der Waals surface area contributed by atoms with Crippen molar-refractivity contribution in [3.8, 4) is 0 Å². The van der Waals surface area contributed by atoms with Crippen molar-refractivity contribution in [3.63, 3.8) is 0 Å². The molecule has 0 aliphatic carbocycles. The van der Waals surface area contributed by atoms with Gasteiger partial charge in [-0.1, -0.05) is 6.07 Å². The highest BCUT2D eigenvalue weighted by Gasteiger charge is 2.23. The molecule has 0 radical (unpaired) electrons. The summed E-state index contributed by atoms with van der Waals surface area (Å²) in [6.07, 6.45) is 3.50. The predicted molar refractivity (Wildman–Crippen MR) is 90.3 cm³/mol. The van der Waals surface area contributed by atoms with Crippen molar-refractivity contribution in [2.75, 3.05) is 44.3 Å². The van der Waals surface area contributed by atoms with Crippen LogP contribution in [0.25, 0.3) is 0 Å². The summed E-state index contributed by atoms with van der Waals surface area (Å²) in [6.45, 7) is 4.00. The maximum atomic E-state index is 12.3. The van der Waals surface area contributed by atoms with E-state index in [0.717, 1.165) is 25.9 Å². The average Bonchev–Trinajstić information content (AvgIpc) is 2.63. The number of ether oxygens (including phenoxy) is 1. The first-order chi connectivity index (χ1) is 11.6. The molecule has 0 aromatic heterocycles. The van der Waals surface area contributed by atoms with Crippen LogP contribution in [0.1, 0.15) is 24.8 Å². The molecule has 1 amide bonds. The van der Waals surface area contributed by atoms with E-state index in [9.17, 15) is 14.9 Å². The van der Waals surface area contributed by atoms with Gasteiger partial charge in [0.1, 0.15) is 5.69 Å². The third-order valence-electron chi connectivity index (χ3n) is 4.65. The Hall–Kier alpha value is -2.15. The van der Waals surface area contributed by atoms with Gasteiger partial charge in [0.05, 0.1) is 24.6 Å². The molecule has 7 heteroatoms. The van der Waals surface area contributed by atoms with Gasteiger partial charge in [0.25, 0.3) is 5.69 Å². The minimum absolute atomic E-state index is 0.00156. The lowest BCUT2D eigenvalue weighted by Crippen LogP contribution is -2.41. The molecule has 0 unspecified atom stereocenters. The second-order valence-corrected chi connectivity index (χ2v) is 6.30.